The number of nitrogens with one attached hydrogen (secondary N) is 1. The molecular weight excluding hydrogens is 281 g/mol. The van der Waals surface area contributed by atoms with Crippen LogP contribution in [0.25, 0.3) is 0 Å². The second-order valence-corrected chi connectivity index (χ2v) is 5.94. The number of alkyl halides is 3. The van der Waals surface area contributed by atoms with Gasteiger partial charge in [0.2, 0.25) is 5.91 Å². The Balaban J connectivity index is 2.47. The first-order valence-electron chi connectivity index (χ1n) is 6.89. The fraction of sp³-hybridized carbons (Fsp3) is 0.533. The van der Waals surface area contributed by atoms with Crippen LogP contribution in [0.2, 0.25) is 0 Å². The van der Waals surface area contributed by atoms with Gasteiger partial charge in [0, 0.05) is 12.0 Å². The lowest BCUT2D eigenvalue weighted by molar-refractivity contribution is -0.203. The maximum absolute atomic E-state index is 13.6. The molecule has 0 unspecified atom stereocenters. The molecule has 116 valence electrons. The molecule has 2 rings (SSSR count). The van der Waals surface area contributed by atoms with Crippen molar-refractivity contribution in [1.29, 1.82) is 0 Å². The van der Waals surface area contributed by atoms with Gasteiger partial charge in [-0.05, 0) is 31.4 Å². The van der Waals surface area contributed by atoms with Gasteiger partial charge in [-0.15, -0.1) is 0 Å². The molecule has 0 spiro atoms. The van der Waals surface area contributed by atoms with Gasteiger partial charge in [-0.3, -0.25) is 10.2 Å². The largest absolute Gasteiger partial charge is 0.409 e. The summed E-state index contributed by atoms with van der Waals surface area (Å²) in [5, 5.41) is 1.03. The highest BCUT2D eigenvalue weighted by molar-refractivity contribution is 5.79. The number of nitrogens with zero attached hydrogens (tertiary/aromatic N) is 1. The fourth-order valence-electron chi connectivity index (χ4n) is 2.68. The molecule has 1 saturated heterocycles. The van der Waals surface area contributed by atoms with E-state index in [2.05, 4.69) is 5.43 Å². The van der Waals surface area contributed by atoms with E-state index < -0.39 is 17.8 Å². The van der Waals surface area contributed by atoms with E-state index in [-0.39, 0.29) is 17.9 Å². The number of hydrogen-bond donors (Lipinski definition) is 1. The van der Waals surface area contributed by atoms with Crippen molar-refractivity contribution in [3.05, 3.63) is 35.4 Å². The quantitative estimate of drug-likeness (QED) is 0.928. The van der Waals surface area contributed by atoms with E-state index in [0.29, 0.717) is 6.42 Å². The van der Waals surface area contributed by atoms with Gasteiger partial charge in [0.05, 0.1) is 0 Å². The zero-order valence-electron chi connectivity index (χ0n) is 12.3. The van der Waals surface area contributed by atoms with E-state index in [4.69, 9.17) is 0 Å². The predicted octanol–water partition coefficient (Wildman–Crippen LogP) is 3.37. The SMILES string of the molecule is CCc1cccc([C@H](N2NC(=O)CC2(C)C)C(F)(F)F)c1. The number of hydrazine groups is 1. The molecule has 1 fully saturated rings. The van der Waals surface area contributed by atoms with E-state index in [1.807, 2.05) is 6.92 Å². The Kier molecular flexibility index (Phi) is 4.02. The summed E-state index contributed by atoms with van der Waals surface area (Å²) in [6.07, 6.45) is -3.76. The van der Waals surface area contributed by atoms with Gasteiger partial charge in [0.1, 0.15) is 0 Å². The third kappa shape index (κ3) is 3.20. The highest BCUT2D eigenvalue weighted by Gasteiger charge is 2.52. The summed E-state index contributed by atoms with van der Waals surface area (Å²) in [5.74, 6) is -0.388. The first-order chi connectivity index (χ1) is 9.65. The van der Waals surface area contributed by atoms with Crippen LogP contribution in [0.3, 0.4) is 0 Å². The standard InChI is InChI=1S/C15H19F3N2O/c1-4-10-6-5-7-11(8-10)13(15(16,17)18)20-14(2,3)9-12(21)19-20/h5-8,13H,4,9H2,1-3H3,(H,19,21)/t13-/m0/s1. The zero-order chi connectivity index (χ0) is 15.8. The Labute approximate surface area is 122 Å². The summed E-state index contributed by atoms with van der Waals surface area (Å²) in [4.78, 5) is 11.5. The lowest BCUT2D eigenvalue weighted by atomic mass is 9.96. The second kappa shape index (κ2) is 5.33. The van der Waals surface area contributed by atoms with E-state index in [9.17, 15) is 18.0 Å². The molecule has 1 aliphatic rings. The lowest BCUT2D eigenvalue weighted by Crippen LogP contribution is -2.51. The summed E-state index contributed by atoms with van der Waals surface area (Å²) in [6.45, 7) is 5.16. The predicted molar refractivity (Wildman–Crippen MR) is 73.3 cm³/mol. The third-order valence-electron chi connectivity index (χ3n) is 3.73. The number of hydrogen-bond acceptors (Lipinski definition) is 2. The molecule has 0 aromatic heterocycles. The Hall–Kier alpha value is -1.56. The molecule has 6 heteroatoms. The Morgan fingerprint density at radius 1 is 1.38 bits per heavy atom. The number of halogens is 3. The molecular formula is C15H19F3N2O. The monoisotopic (exact) mass is 300 g/mol. The molecule has 1 aromatic carbocycles. The van der Waals surface area contributed by atoms with Crippen LogP contribution in [-0.2, 0) is 11.2 Å². The molecule has 0 saturated carbocycles. The highest BCUT2D eigenvalue weighted by atomic mass is 19.4. The first-order valence-corrected chi connectivity index (χ1v) is 6.89. The number of aryl methyl sites for hydroxylation is 1. The third-order valence-corrected chi connectivity index (χ3v) is 3.73. The maximum atomic E-state index is 13.6. The Morgan fingerprint density at radius 3 is 2.52 bits per heavy atom. The zero-order valence-corrected chi connectivity index (χ0v) is 12.3. The molecule has 1 atom stereocenters. The van der Waals surface area contributed by atoms with Crippen molar-refractivity contribution in [2.45, 2.75) is 51.4 Å². The minimum Gasteiger partial charge on any atom is -0.287 e. The van der Waals surface area contributed by atoms with Crippen LogP contribution in [0.5, 0.6) is 0 Å². The summed E-state index contributed by atoms with van der Waals surface area (Å²) < 4.78 is 40.7. The van der Waals surface area contributed by atoms with Crippen LogP contribution in [0, 0.1) is 0 Å². The smallest absolute Gasteiger partial charge is 0.287 e. The maximum Gasteiger partial charge on any atom is 0.409 e. The highest BCUT2D eigenvalue weighted by Crippen LogP contribution is 2.42. The van der Waals surface area contributed by atoms with E-state index in [1.165, 1.54) is 6.07 Å². The van der Waals surface area contributed by atoms with Crippen LogP contribution in [0.15, 0.2) is 24.3 Å². The number of benzene rings is 1. The van der Waals surface area contributed by atoms with Crippen LogP contribution in [-0.4, -0.2) is 22.6 Å². The van der Waals surface area contributed by atoms with E-state index >= 15 is 0 Å². The summed E-state index contributed by atoms with van der Waals surface area (Å²) >= 11 is 0. The average molecular weight is 300 g/mol. The molecule has 3 nitrogen and oxygen atoms in total. The van der Waals surface area contributed by atoms with Crippen molar-refractivity contribution in [1.82, 2.24) is 10.4 Å². The van der Waals surface area contributed by atoms with Gasteiger partial charge in [-0.2, -0.15) is 18.2 Å². The molecule has 0 radical (unpaired) electrons. The van der Waals surface area contributed by atoms with Gasteiger partial charge < -0.3 is 0 Å². The van der Waals surface area contributed by atoms with Crippen molar-refractivity contribution in [2.75, 3.05) is 0 Å². The lowest BCUT2D eigenvalue weighted by Gasteiger charge is -2.38. The minimum absolute atomic E-state index is 0.0487. The Morgan fingerprint density at radius 2 is 2.05 bits per heavy atom. The fourth-order valence-corrected chi connectivity index (χ4v) is 2.68. The van der Waals surface area contributed by atoms with E-state index in [0.717, 1.165) is 10.6 Å². The van der Waals surface area contributed by atoms with Crippen molar-refractivity contribution in [3.8, 4) is 0 Å². The van der Waals surface area contributed by atoms with Crippen molar-refractivity contribution in [3.63, 3.8) is 0 Å². The first kappa shape index (κ1) is 15.8. The summed E-state index contributed by atoms with van der Waals surface area (Å²) in [7, 11) is 0. The summed E-state index contributed by atoms with van der Waals surface area (Å²) in [5.41, 5.74) is 2.46. The molecule has 1 aromatic rings. The Bertz CT molecular complexity index is 540. The normalized spacial score (nSPS) is 20.4. The second-order valence-electron chi connectivity index (χ2n) is 5.94. The molecule has 0 bridgehead atoms. The van der Waals surface area contributed by atoms with Crippen LogP contribution in [0.4, 0.5) is 13.2 Å². The van der Waals surface area contributed by atoms with Crippen LogP contribution in [0.1, 0.15) is 44.4 Å². The van der Waals surface area contributed by atoms with Gasteiger partial charge in [-0.1, -0.05) is 31.2 Å². The van der Waals surface area contributed by atoms with Crippen molar-refractivity contribution < 1.29 is 18.0 Å². The van der Waals surface area contributed by atoms with E-state index in [1.54, 1.807) is 32.0 Å². The number of carbonyl (C=O) groups excluding carboxylic acids is 1. The molecule has 1 heterocycles. The number of carbonyl (C=O) groups is 1. The average Bonchev–Trinajstić information content (AvgIpc) is 2.61. The van der Waals surface area contributed by atoms with Gasteiger partial charge in [0.25, 0.3) is 0 Å². The molecule has 21 heavy (non-hydrogen) atoms. The van der Waals surface area contributed by atoms with Crippen LogP contribution >= 0.6 is 0 Å². The summed E-state index contributed by atoms with van der Waals surface area (Å²) in [6, 6.07) is 4.59. The number of rotatable bonds is 3. The minimum atomic E-state index is -4.47. The van der Waals surface area contributed by atoms with Crippen LogP contribution < -0.4 is 5.43 Å². The van der Waals surface area contributed by atoms with Gasteiger partial charge >= 0.3 is 6.18 Å². The number of amides is 1. The van der Waals surface area contributed by atoms with Crippen molar-refractivity contribution in [2.24, 2.45) is 0 Å². The molecule has 1 aliphatic heterocycles. The van der Waals surface area contributed by atoms with Gasteiger partial charge in [-0.25, -0.2) is 0 Å². The topological polar surface area (TPSA) is 32.3 Å². The molecule has 1 amide bonds. The van der Waals surface area contributed by atoms with Crippen molar-refractivity contribution >= 4 is 5.91 Å². The molecule has 1 N–H and O–H groups in total. The van der Waals surface area contributed by atoms with Gasteiger partial charge in [0.15, 0.2) is 6.04 Å². The molecule has 0 aliphatic carbocycles.